The van der Waals surface area contributed by atoms with Gasteiger partial charge in [0.05, 0.1) is 12.7 Å². The van der Waals surface area contributed by atoms with Crippen molar-refractivity contribution in [2.45, 2.75) is 44.9 Å². The summed E-state index contributed by atoms with van der Waals surface area (Å²) in [5, 5.41) is 12.5. The van der Waals surface area contributed by atoms with E-state index < -0.39 is 0 Å². The fourth-order valence-electron chi connectivity index (χ4n) is 1.66. The van der Waals surface area contributed by atoms with Crippen LogP contribution in [0.2, 0.25) is 0 Å². The summed E-state index contributed by atoms with van der Waals surface area (Å²) in [6, 6.07) is -0.156. The molecular weight excluding hydrogens is 170 g/mol. The highest BCUT2D eigenvalue weighted by Gasteiger charge is 2.29. The number of aliphatic hydroxyl groups is 1. The second kappa shape index (κ2) is 4.58. The van der Waals surface area contributed by atoms with E-state index in [1.165, 1.54) is 0 Å². The molecule has 0 unspecified atom stereocenters. The Kier molecular flexibility index (Phi) is 3.69. The van der Waals surface area contributed by atoms with Crippen LogP contribution in [-0.2, 0) is 9.53 Å². The third kappa shape index (κ3) is 2.97. The Morgan fingerprint density at radius 1 is 1.62 bits per heavy atom. The van der Waals surface area contributed by atoms with Crippen LogP contribution in [0.5, 0.6) is 0 Å². The zero-order valence-electron chi connectivity index (χ0n) is 8.12. The van der Waals surface area contributed by atoms with Gasteiger partial charge in [-0.25, -0.2) is 0 Å². The Morgan fingerprint density at radius 3 is 2.85 bits per heavy atom. The van der Waals surface area contributed by atoms with Gasteiger partial charge in [0.15, 0.2) is 0 Å². The SMILES string of the molecule is CCOC(=O)[C@H]1C[C@H](O)C[C@@H](C)N1. The average molecular weight is 187 g/mol. The molecule has 1 aliphatic heterocycles. The number of hydrogen-bond donors (Lipinski definition) is 2. The van der Waals surface area contributed by atoms with Crippen LogP contribution < -0.4 is 5.32 Å². The zero-order valence-corrected chi connectivity index (χ0v) is 8.12. The number of rotatable bonds is 2. The molecule has 0 aliphatic carbocycles. The summed E-state index contributed by atoms with van der Waals surface area (Å²) in [7, 11) is 0. The van der Waals surface area contributed by atoms with Crippen molar-refractivity contribution < 1.29 is 14.6 Å². The van der Waals surface area contributed by atoms with E-state index in [1.807, 2.05) is 6.92 Å². The molecule has 0 aromatic carbocycles. The molecular formula is C9H17NO3. The monoisotopic (exact) mass is 187 g/mol. The van der Waals surface area contributed by atoms with Crippen LogP contribution in [0.4, 0.5) is 0 Å². The van der Waals surface area contributed by atoms with E-state index >= 15 is 0 Å². The van der Waals surface area contributed by atoms with Gasteiger partial charge in [-0.15, -0.1) is 0 Å². The minimum atomic E-state index is -0.384. The summed E-state index contributed by atoms with van der Waals surface area (Å²) in [6.07, 6.45) is 0.782. The lowest BCUT2D eigenvalue weighted by Crippen LogP contribution is -2.50. The molecule has 0 bridgehead atoms. The van der Waals surface area contributed by atoms with Gasteiger partial charge >= 0.3 is 5.97 Å². The number of aliphatic hydroxyl groups excluding tert-OH is 1. The van der Waals surface area contributed by atoms with E-state index in [2.05, 4.69) is 5.32 Å². The molecule has 1 rings (SSSR count). The number of ether oxygens (including phenoxy) is 1. The highest BCUT2D eigenvalue weighted by molar-refractivity contribution is 5.76. The Bertz CT molecular complexity index is 174. The van der Waals surface area contributed by atoms with Crippen molar-refractivity contribution in [3.05, 3.63) is 0 Å². The molecule has 0 radical (unpaired) electrons. The predicted molar refractivity (Wildman–Crippen MR) is 48.3 cm³/mol. The van der Waals surface area contributed by atoms with Crippen LogP contribution in [0.1, 0.15) is 26.7 Å². The van der Waals surface area contributed by atoms with Crippen LogP contribution >= 0.6 is 0 Å². The number of nitrogens with one attached hydrogen (secondary N) is 1. The summed E-state index contributed by atoms with van der Waals surface area (Å²) >= 11 is 0. The second-order valence-corrected chi connectivity index (χ2v) is 3.50. The Labute approximate surface area is 78.3 Å². The van der Waals surface area contributed by atoms with Crippen molar-refractivity contribution in [2.24, 2.45) is 0 Å². The Hall–Kier alpha value is -0.610. The van der Waals surface area contributed by atoms with Crippen molar-refractivity contribution in [2.75, 3.05) is 6.61 Å². The third-order valence-corrected chi connectivity index (χ3v) is 2.19. The number of piperidine rings is 1. The second-order valence-electron chi connectivity index (χ2n) is 3.50. The lowest BCUT2D eigenvalue weighted by atomic mass is 9.97. The first-order chi connectivity index (χ1) is 6.13. The first kappa shape index (κ1) is 10.5. The molecule has 3 atom stereocenters. The maximum atomic E-state index is 11.3. The summed E-state index contributed by atoms with van der Waals surface area (Å²) in [5.74, 6) is -0.256. The van der Waals surface area contributed by atoms with Crippen molar-refractivity contribution in [3.63, 3.8) is 0 Å². The van der Waals surface area contributed by atoms with E-state index in [4.69, 9.17) is 4.74 Å². The van der Waals surface area contributed by atoms with E-state index in [0.29, 0.717) is 19.4 Å². The van der Waals surface area contributed by atoms with Crippen LogP contribution in [0.15, 0.2) is 0 Å². The molecule has 0 amide bonds. The van der Waals surface area contributed by atoms with Gasteiger partial charge < -0.3 is 15.2 Å². The van der Waals surface area contributed by atoms with Gasteiger partial charge in [0.1, 0.15) is 6.04 Å². The van der Waals surface area contributed by atoms with Gasteiger partial charge in [0, 0.05) is 6.04 Å². The largest absolute Gasteiger partial charge is 0.465 e. The summed E-state index contributed by atoms with van der Waals surface area (Å²) in [6.45, 7) is 4.12. The van der Waals surface area contributed by atoms with Crippen molar-refractivity contribution in [1.29, 1.82) is 0 Å². The zero-order chi connectivity index (χ0) is 9.84. The molecule has 4 nitrogen and oxygen atoms in total. The number of esters is 1. The standard InChI is InChI=1S/C9H17NO3/c1-3-13-9(12)8-5-7(11)4-6(2)10-8/h6-8,10-11H,3-5H2,1-2H3/t6-,7-,8-/m1/s1. The van der Waals surface area contributed by atoms with Gasteiger partial charge in [-0.2, -0.15) is 0 Å². The van der Waals surface area contributed by atoms with E-state index in [-0.39, 0.29) is 24.2 Å². The predicted octanol–water partition coefficient (Wildman–Crippen LogP) is 0.0509. The molecule has 2 N–H and O–H groups in total. The van der Waals surface area contributed by atoms with Gasteiger partial charge in [0.25, 0.3) is 0 Å². The van der Waals surface area contributed by atoms with Gasteiger partial charge in [-0.05, 0) is 26.7 Å². The fraction of sp³-hybridized carbons (Fsp3) is 0.889. The van der Waals surface area contributed by atoms with E-state index in [9.17, 15) is 9.90 Å². The topological polar surface area (TPSA) is 58.6 Å². The average Bonchev–Trinajstić information content (AvgIpc) is 2.03. The van der Waals surface area contributed by atoms with Crippen molar-refractivity contribution >= 4 is 5.97 Å². The third-order valence-electron chi connectivity index (χ3n) is 2.19. The highest BCUT2D eigenvalue weighted by atomic mass is 16.5. The van der Waals surface area contributed by atoms with Crippen molar-refractivity contribution in [3.8, 4) is 0 Å². The molecule has 0 spiro atoms. The van der Waals surface area contributed by atoms with Crippen LogP contribution in [0.3, 0.4) is 0 Å². The minimum Gasteiger partial charge on any atom is -0.465 e. The maximum absolute atomic E-state index is 11.3. The number of hydrogen-bond acceptors (Lipinski definition) is 4. The molecule has 0 saturated carbocycles. The maximum Gasteiger partial charge on any atom is 0.323 e. The van der Waals surface area contributed by atoms with Crippen LogP contribution in [0, 0.1) is 0 Å². The summed E-state index contributed by atoms with van der Waals surface area (Å²) in [5.41, 5.74) is 0. The number of carbonyl (C=O) groups is 1. The lowest BCUT2D eigenvalue weighted by molar-refractivity contribution is -0.147. The molecule has 1 fully saturated rings. The first-order valence-electron chi connectivity index (χ1n) is 4.74. The molecule has 1 aliphatic rings. The van der Waals surface area contributed by atoms with Crippen molar-refractivity contribution in [1.82, 2.24) is 5.32 Å². The minimum absolute atomic E-state index is 0.179. The smallest absolute Gasteiger partial charge is 0.323 e. The summed E-state index contributed by atoms with van der Waals surface area (Å²) in [4.78, 5) is 11.3. The summed E-state index contributed by atoms with van der Waals surface area (Å²) < 4.78 is 4.87. The first-order valence-corrected chi connectivity index (χ1v) is 4.74. The van der Waals surface area contributed by atoms with Crippen LogP contribution in [-0.4, -0.2) is 35.9 Å². The molecule has 0 aromatic rings. The lowest BCUT2D eigenvalue weighted by Gasteiger charge is -2.30. The Balaban J connectivity index is 2.45. The molecule has 13 heavy (non-hydrogen) atoms. The Morgan fingerprint density at radius 2 is 2.31 bits per heavy atom. The molecule has 1 saturated heterocycles. The van der Waals surface area contributed by atoms with E-state index in [1.54, 1.807) is 6.92 Å². The van der Waals surface area contributed by atoms with E-state index in [0.717, 1.165) is 0 Å². The molecule has 0 aromatic heterocycles. The highest BCUT2D eigenvalue weighted by Crippen LogP contribution is 2.14. The molecule has 76 valence electrons. The fourth-order valence-corrected chi connectivity index (χ4v) is 1.66. The normalized spacial score (nSPS) is 34.2. The quantitative estimate of drug-likeness (QED) is 0.600. The molecule has 1 heterocycles. The van der Waals surface area contributed by atoms with Gasteiger partial charge in [0.2, 0.25) is 0 Å². The molecule has 4 heteroatoms. The van der Waals surface area contributed by atoms with Gasteiger partial charge in [-0.1, -0.05) is 0 Å². The van der Waals surface area contributed by atoms with Crippen LogP contribution in [0.25, 0.3) is 0 Å². The van der Waals surface area contributed by atoms with Gasteiger partial charge in [-0.3, -0.25) is 4.79 Å². The number of carbonyl (C=O) groups excluding carboxylic acids is 1.